The van der Waals surface area contributed by atoms with Crippen molar-refractivity contribution in [2.24, 2.45) is 5.73 Å². The van der Waals surface area contributed by atoms with Crippen LogP contribution in [0.5, 0.6) is 0 Å². The van der Waals surface area contributed by atoms with Crippen molar-refractivity contribution in [3.05, 3.63) is 47.3 Å². The number of benzene rings is 1. The molecule has 0 spiro atoms. The first-order chi connectivity index (χ1) is 13.1. The fourth-order valence-corrected chi connectivity index (χ4v) is 3.32. The first-order valence-electron chi connectivity index (χ1n) is 9.50. The summed E-state index contributed by atoms with van der Waals surface area (Å²) < 4.78 is 0. The van der Waals surface area contributed by atoms with Gasteiger partial charge in [0.25, 0.3) is 5.91 Å². The number of hydrogen-bond donors (Lipinski definition) is 4. The van der Waals surface area contributed by atoms with Crippen molar-refractivity contribution in [1.82, 2.24) is 9.97 Å². The number of nitrogens with zero attached hydrogens (tertiary/aromatic N) is 2. The minimum absolute atomic E-state index is 0.160. The van der Waals surface area contributed by atoms with Crippen LogP contribution < -0.4 is 16.4 Å². The standard InChI is InChI=1S/C20H27N5O2/c1-2-16-19(23-14-8-10-15(26)11-9-14)25-20(17(24-16)18(21)27)22-12-13-6-4-3-5-7-13/h3-7,14-15,26H,2,8-12H2,1H3,(H2,21,27)(H2,22,23,25)/t14-,15-. The quantitative estimate of drug-likeness (QED) is 0.596. The first-order valence-corrected chi connectivity index (χ1v) is 9.50. The van der Waals surface area contributed by atoms with Crippen molar-refractivity contribution in [3.63, 3.8) is 0 Å². The molecule has 7 heteroatoms. The molecule has 1 aromatic heterocycles. The molecule has 0 atom stereocenters. The van der Waals surface area contributed by atoms with E-state index >= 15 is 0 Å². The predicted octanol–water partition coefficient (Wildman–Crippen LogP) is 2.47. The van der Waals surface area contributed by atoms with E-state index in [2.05, 4.69) is 20.6 Å². The highest BCUT2D eigenvalue weighted by Gasteiger charge is 2.22. The molecule has 1 amide bonds. The lowest BCUT2D eigenvalue weighted by Crippen LogP contribution is -2.29. The lowest BCUT2D eigenvalue weighted by molar-refractivity contribution is 0.0995. The Morgan fingerprint density at radius 3 is 2.48 bits per heavy atom. The zero-order chi connectivity index (χ0) is 19.2. The summed E-state index contributed by atoms with van der Waals surface area (Å²) in [5.41, 5.74) is 7.48. The maximum absolute atomic E-state index is 11.9. The van der Waals surface area contributed by atoms with E-state index in [1.807, 2.05) is 37.3 Å². The number of rotatable bonds is 7. The Hall–Kier alpha value is -2.67. The number of carbonyl (C=O) groups is 1. The highest BCUT2D eigenvalue weighted by molar-refractivity contribution is 5.95. The maximum Gasteiger partial charge on any atom is 0.271 e. The van der Waals surface area contributed by atoms with Crippen LogP contribution in [0.3, 0.4) is 0 Å². The Bertz CT molecular complexity index is 773. The van der Waals surface area contributed by atoms with Crippen LogP contribution >= 0.6 is 0 Å². The van der Waals surface area contributed by atoms with Crippen LogP contribution in [-0.2, 0) is 13.0 Å². The monoisotopic (exact) mass is 369 g/mol. The highest BCUT2D eigenvalue weighted by Crippen LogP contribution is 2.25. The number of amides is 1. The summed E-state index contributed by atoms with van der Waals surface area (Å²) in [5.74, 6) is 0.474. The van der Waals surface area contributed by atoms with Gasteiger partial charge in [-0.1, -0.05) is 37.3 Å². The van der Waals surface area contributed by atoms with E-state index in [1.54, 1.807) is 0 Å². The van der Waals surface area contributed by atoms with Crippen LogP contribution in [0.2, 0.25) is 0 Å². The molecule has 144 valence electrons. The molecule has 0 saturated heterocycles. The molecule has 1 fully saturated rings. The second-order valence-electron chi connectivity index (χ2n) is 6.92. The molecule has 3 rings (SSSR count). The molecule has 1 aliphatic rings. The van der Waals surface area contributed by atoms with E-state index in [0.717, 1.165) is 36.9 Å². The Kier molecular flexibility index (Phi) is 6.24. The summed E-state index contributed by atoms with van der Waals surface area (Å²) in [6.07, 6.45) is 3.77. The van der Waals surface area contributed by atoms with Crippen molar-refractivity contribution in [1.29, 1.82) is 0 Å². The molecule has 1 aromatic carbocycles. The van der Waals surface area contributed by atoms with Crippen LogP contribution in [0.4, 0.5) is 11.6 Å². The van der Waals surface area contributed by atoms with Crippen LogP contribution in [0, 0.1) is 0 Å². The second-order valence-corrected chi connectivity index (χ2v) is 6.92. The normalized spacial score (nSPS) is 19.5. The summed E-state index contributed by atoms with van der Waals surface area (Å²) >= 11 is 0. The number of carbonyl (C=O) groups excluding carboxylic acids is 1. The molecule has 7 nitrogen and oxygen atoms in total. The summed E-state index contributed by atoms with van der Waals surface area (Å²) in [6.45, 7) is 2.50. The van der Waals surface area contributed by atoms with Crippen molar-refractivity contribution in [3.8, 4) is 0 Å². The minimum atomic E-state index is -0.597. The number of aliphatic hydroxyl groups is 1. The van der Waals surface area contributed by atoms with Gasteiger partial charge < -0.3 is 21.5 Å². The summed E-state index contributed by atoms with van der Waals surface area (Å²) in [4.78, 5) is 21.0. The Balaban J connectivity index is 1.82. The minimum Gasteiger partial charge on any atom is -0.393 e. The molecule has 0 radical (unpaired) electrons. The summed E-state index contributed by atoms with van der Waals surface area (Å²) in [6, 6.07) is 10.1. The van der Waals surface area contributed by atoms with Gasteiger partial charge in [0.1, 0.15) is 5.82 Å². The average Bonchev–Trinajstić information content (AvgIpc) is 2.68. The lowest BCUT2D eigenvalue weighted by Gasteiger charge is -2.27. The fourth-order valence-electron chi connectivity index (χ4n) is 3.32. The van der Waals surface area contributed by atoms with E-state index in [9.17, 15) is 9.90 Å². The fraction of sp³-hybridized carbons (Fsp3) is 0.450. The molecular formula is C20H27N5O2. The van der Waals surface area contributed by atoms with Crippen LogP contribution in [0.15, 0.2) is 30.3 Å². The van der Waals surface area contributed by atoms with Gasteiger partial charge in [0, 0.05) is 12.6 Å². The summed E-state index contributed by atoms with van der Waals surface area (Å²) in [7, 11) is 0. The molecule has 5 N–H and O–H groups in total. The maximum atomic E-state index is 11.9. The third-order valence-electron chi connectivity index (χ3n) is 4.88. The highest BCUT2D eigenvalue weighted by atomic mass is 16.3. The zero-order valence-corrected chi connectivity index (χ0v) is 15.6. The number of nitrogens with one attached hydrogen (secondary N) is 2. The summed E-state index contributed by atoms with van der Waals surface area (Å²) in [5, 5.41) is 16.3. The van der Waals surface area contributed by atoms with Crippen molar-refractivity contribution in [2.45, 2.75) is 57.7 Å². The van der Waals surface area contributed by atoms with E-state index in [-0.39, 0.29) is 17.8 Å². The molecule has 1 aliphatic carbocycles. The van der Waals surface area contributed by atoms with Crippen molar-refractivity contribution in [2.75, 3.05) is 10.6 Å². The van der Waals surface area contributed by atoms with E-state index in [4.69, 9.17) is 5.73 Å². The number of nitrogens with two attached hydrogens (primary N) is 1. The van der Waals surface area contributed by atoms with Gasteiger partial charge in [-0.3, -0.25) is 4.79 Å². The number of aromatic nitrogens is 2. The van der Waals surface area contributed by atoms with E-state index < -0.39 is 5.91 Å². The Morgan fingerprint density at radius 1 is 1.15 bits per heavy atom. The molecular weight excluding hydrogens is 342 g/mol. The number of primary amides is 1. The van der Waals surface area contributed by atoms with Gasteiger partial charge in [-0.2, -0.15) is 0 Å². The van der Waals surface area contributed by atoms with Crippen LogP contribution in [0.1, 0.15) is 54.4 Å². The van der Waals surface area contributed by atoms with Crippen LogP contribution in [-0.4, -0.2) is 33.1 Å². The number of aryl methyl sites for hydroxylation is 1. The van der Waals surface area contributed by atoms with Crippen LogP contribution in [0.25, 0.3) is 0 Å². The Morgan fingerprint density at radius 2 is 1.85 bits per heavy atom. The molecule has 0 bridgehead atoms. The Labute approximate surface area is 159 Å². The molecule has 1 saturated carbocycles. The number of anilines is 2. The molecule has 1 heterocycles. The van der Waals surface area contributed by atoms with Gasteiger partial charge in [-0.15, -0.1) is 0 Å². The molecule has 2 aromatic rings. The first kappa shape index (κ1) is 19.1. The topological polar surface area (TPSA) is 113 Å². The second kappa shape index (κ2) is 8.81. The smallest absolute Gasteiger partial charge is 0.271 e. The van der Waals surface area contributed by atoms with E-state index in [1.165, 1.54) is 0 Å². The molecule has 0 unspecified atom stereocenters. The van der Waals surface area contributed by atoms with Gasteiger partial charge in [0.2, 0.25) is 0 Å². The van der Waals surface area contributed by atoms with E-state index in [0.29, 0.717) is 24.6 Å². The number of hydrogen-bond acceptors (Lipinski definition) is 6. The van der Waals surface area contributed by atoms with Gasteiger partial charge >= 0.3 is 0 Å². The van der Waals surface area contributed by atoms with Crippen molar-refractivity contribution >= 4 is 17.5 Å². The lowest BCUT2D eigenvalue weighted by atomic mass is 9.93. The van der Waals surface area contributed by atoms with Gasteiger partial charge in [0.05, 0.1) is 11.8 Å². The molecule has 0 aliphatic heterocycles. The third-order valence-corrected chi connectivity index (χ3v) is 4.88. The SMILES string of the molecule is CCc1nc(C(N)=O)c(NCc2ccccc2)nc1N[C@H]1CC[C@H](O)CC1. The third kappa shape index (κ3) is 4.95. The zero-order valence-electron chi connectivity index (χ0n) is 15.6. The largest absolute Gasteiger partial charge is 0.393 e. The van der Waals surface area contributed by atoms with Gasteiger partial charge in [-0.25, -0.2) is 9.97 Å². The van der Waals surface area contributed by atoms with Gasteiger partial charge in [0.15, 0.2) is 11.5 Å². The predicted molar refractivity (Wildman–Crippen MR) is 106 cm³/mol. The average molecular weight is 369 g/mol. The number of aliphatic hydroxyl groups excluding tert-OH is 1. The van der Waals surface area contributed by atoms with Crippen molar-refractivity contribution < 1.29 is 9.90 Å². The molecule has 27 heavy (non-hydrogen) atoms. The van der Waals surface area contributed by atoms with Gasteiger partial charge in [-0.05, 0) is 37.7 Å².